The fourth-order valence-electron chi connectivity index (χ4n) is 0.857. The van der Waals surface area contributed by atoms with Crippen LogP contribution in [-0.4, -0.2) is 11.4 Å². The monoisotopic (exact) mass is 124 g/mol. The van der Waals surface area contributed by atoms with Crippen LogP contribution in [0, 0.1) is 0 Å². The maximum Gasteiger partial charge on any atom is 0.0304 e. The molecule has 0 aromatic carbocycles. The van der Waals surface area contributed by atoms with Crippen molar-refractivity contribution in [3.63, 3.8) is 0 Å². The Morgan fingerprint density at radius 3 is 2.89 bits per heavy atom. The molecule has 1 heterocycles. The number of nitrogens with one attached hydrogen (secondary N) is 1. The highest BCUT2D eigenvalue weighted by Gasteiger charge is 1.99. The SMILES string of the molecule is CCN1C=CNC=C1C. The lowest BCUT2D eigenvalue weighted by atomic mass is 10.4. The van der Waals surface area contributed by atoms with E-state index in [1.807, 2.05) is 18.6 Å². The van der Waals surface area contributed by atoms with Gasteiger partial charge in [0.05, 0.1) is 0 Å². The van der Waals surface area contributed by atoms with Crippen LogP contribution in [0.4, 0.5) is 0 Å². The second-order valence-electron chi connectivity index (χ2n) is 2.05. The van der Waals surface area contributed by atoms with E-state index in [-0.39, 0.29) is 0 Å². The lowest BCUT2D eigenvalue weighted by Crippen LogP contribution is -2.19. The standard InChI is InChI=1S/C7H12N2/c1-3-9-5-4-8-6-7(9)2/h4-6,8H,3H2,1-2H3. The molecule has 0 spiro atoms. The largest absolute Gasteiger partial charge is 0.365 e. The summed E-state index contributed by atoms with van der Waals surface area (Å²) < 4.78 is 0. The van der Waals surface area contributed by atoms with Gasteiger partial charge in [0.1, 0.15) is 0 Å². The molecule has 0 saturated heterocycles. The first kappa shape index (κ1) is 6.20. The maximum absolute atomic E-state index is 3.01. The topological polar surface area (TPSA) is 15.3 Å². The normalized spacial score (nSPS) is 17.1. The molecule has 0 unspecified atom stereocenters. The first-order valence-electron chi connectivity index (χ1n) is 3.20. The predicted octanol–water partition coefficient (Wildman–Crippen LogP) is 1.24. The highest BCUT2D eigenvalue weighted by molar-refractivity contribution is 5.07. The zero-order valence-corrected chi connectivity index (χ0v) is 5.89. The molecule has 0 radical (unpaired) electrons. The predicted molar refractivity (Wildman–Crippen MR) is 38.4 cm³/mol. The highest BCUT2D eigenvalue weighted by atomic mass is 15.1. The quantitative estimate of drug-likeness (QED) is 0.566. The van der Waals surface area contributed by atoms with Crippen molar-refractivity contribution in [2.75, 3.05) is 6.54 Å². The second-order valence-corrected chi connectivity index (χ2v) is 2.05. The minimum Gasteiger partial charge on any atom is -0.365 e. The smallest absolute Gasteiger partial charge is 0.0304 e. The van der Waals surface area contributed by atoms with Gasteiger partial charge >= 0.3 is 0 Å². The van der Waals surface area contributed by atoms with Gasteiger partial charge in [-0.3, -0.25) is 0 Å². The summed E-state index contributed by atoms with van der Waals surface area (Å²) in [6.45, 7) is 5.26. The Balaban J connectivity index is 2.59. The summed E-state index contributed by atoms with van der Waals surface area (Å²) in [4.78, 5) is 2.18. The summed E-state index contributed by atoms with van der Waals surface area (Å²) in [6, 6.07) is 0. The fraction of sp³-hybridized carbons (Fsp3) is 0.429. The number of hydrogen-bond donors (Lipinski definition) is 1. The summed E-state index contributed by atoms with van der Waals surface area (Å²) in [6.07, 6.45) is 5.95. The molecule has 2 heteroatoms. The van der Waals surface area contributed by atoms with E-state index in [1.54, 1.807) is 0 Å². The van der Waals surface area contributed by atoms with Crippen LogP contribution < -0.4 is 5.32 Å². The third-order valence-electron chi connectivity index (χ3n) is 1.44. The van der Waals surface area contributed by atoms with Gasteiger partial charge in [0, 0.05) is 30.8 Å². The zero-order valence-electron chi connectivity index (χ0n) is 5.89. The van der Waals surface area contributed by atoms with Gasteiger partial charge in [-0.2, -0.15) is 0 Å². The molecular weight excluding hydrogens is 112 g/mol. The van der Waals surface area contributed by atoms with Crippen molar-refractivity contribution in [3.05, 3.63) is 24.3 Å². The summed E-state index contributed by atoms with van der Waals surface area (Å²) >= 11 is 0. The molecule has 0 aromatic rings. The van der Waals surface area contributed by atoms with Crippen molar-refractivity contribution < 1.29 is 0 Å². The average molecular weight is 124 g/mol. The lowest BCUT2D eigenvalue weighted by Gasteiger charge is -2.21. The average Bonchev–Trinajstić information content (AvgIpc) is 1.89. The minimum absolute atomic E-state index is 1.04. The molecule has 9 heavy (non-hydrogen) atoms. The van der Waals surface area contributed by atoms with E-state index in [9.17, 15) is 0 Å². The van der Waals surface area contributed by atoms with Gasteiger partial charge in [-0.25, -0.2) is 0 Å². The van der Waals surface area contributed by atoms with Gasteiger partial charge in [0.25, 0.3) is 0 Å². The molecule has 1 aliphatic rings. The molecule has 0 aromatic heterocycles. The number of hydrogen-bond acceptors (Lipinski definition) is 2. The van der Waals surface area contributed by atoms with E-state index in [4.69, 9.17) is 0 Å². The molecule has 0 bridgehead atoms. The summed E-state index contributed by atoms with van der Waals surface area (Å²) in [7, 11) is 0. The van der Waals surface area contributed by atoms with E-state index in [0.717, 1.165) is 6.54 Å². The summed E-state index contributed by atoms with van der Waals surface area (Å²) in [5.74, 6) is 0. The molecule has 0 saturated carbocycles. The van der Waals surface area contributed by atoms with Gasteiger partial charge in [-0.1, -0.05) is 0 Å². The third-order valence-corrected chi connectivity index (χ3v) is 1.44. The first-order chi connectivity index (χ1) is 4.34. The molecule has 1 N–H and O–H groups in total. The van der Waals surface area contributed by atoms with E-state index in [2.05, 4.69) is 24.1 Å². The van der Waals surface area contributed by atoms with Gasteiger partial charge in [-0.05, 0) is 13.8 Å². The maximum atomic E-state index is 3.01. The van der Waals surface area contributed by atoms with Crippen molar-refractivity contribution in [1.29, 1.82) is 0 Å². The second kappa shape index (κ2) is 2.58. The van der Waals surface area contributed by atoms with E-state index >= 15 is 0 Å². The Kier molecular flexibility index (Phi) is 1.78. The van der Waals surface area contributed by atoms with Crippen molar-refractivity contribution in [2.45, 2.75) is 13.8 Å². The highest BCUT2D eigenvalue weighted by Crippen LogP contribution is 2.04. The minimum atomic E-state index is 1.04. The third kappa shape index (κ3) is 1.25. The van der Waals surface area contributed by atoms with Crippen molar-refractivity contribution in [1.82, 2.24) is 10.2 Å². The Morgan fingerprint density at radius 2 is 2.44 bits per heavy atom. The number of nitrogens with zero attached hydrogens (tertiary/aromatic N) is 1. The molecular formula is C7H12N2. The van der Waals surface area contributed by atoms with Crippen LogP contribution in [0.2, 0.25) is 0 Å². The van der Waals surface area contributed by atoms with Gasteiger partial charge in [0.2, 0.25) is 0 Å². The fourth-order valence-corrected chi connectivity index (χ4v) is 0.857. The molecule has 1 aliphatic heterocycles. The van der Waals surface area contributed by atoms with Gasteiger partial charge < -0.3 is 10.2 Å². The van der Waals surface area contributed by atoms with E-state index < -0.39 is 0 Å². The zero-order chi connectivity index (χ0) is 6.69. The summed E-state index contributed by atoms with van der Waals surface area (Å²) in [5.41, 5.74) is 1.26. The van der Waals surface area contributed by atoms with Crippen molar-refractivity contribution in [3.8, 4) is 0 Å². The van der Waals surface area contributed by atoms with Crippen LogP contribution in [0.15, 0.2) is 24.3 Å². The van der Waals surface area contributed by atoms with Crippen LogP contribution in [0.5, 0.6) is 0 Å². The summed E-state index contributed by atoms with van der Waals surface area (Å²) in [5, 5.41) is 3.01. The Morgan fingerprint density at radius 1 is 1.67 bits per heavy atom. The Labute approximate surface area is 55.9 Å². The van der Waals surface area contributed by atoms with Crippen LogP contribution in [0.3, 0.4) is 0 Å². The lowest BCUT2D eigenvalue weighted by molar-refractivity contribution is 0.478. The van der Waals surface area contributed by atoms with Gasteiger partial charge in [-0.15, -0.1) is 0 Å². The van der Waals surface area contributed by atoms with Crippen LogP contribution >= 0.6 is 0 Å². The Hall–Kier alpha value is -0.920. The van der Waals surface area contributed by atoms with E-state index in [0.29, 0.717) is 0 Å². The van der Waals surface area contributed by atoms with Crippen molar-refractivity contribution in [2.24, 2.45) is 0 Å². The molecule has 0 atom stereocenters. The molecule has 1 rings (SSSR count). The molecule has 2 nitrogen and oxygen atoms in total. The van der Waals surface area contributed by atoms with Crippen molar-refractivity contribution >= 4 is 0 Å². The first-order valence-corrected chi connectivity index (χ1v) is 3.20. The van der Waals surface area contributed by atoms with Crippen LogP contribution in [0.1, 0.15) is 13.8 Å². The van der Waals surface area contributed by atoms with Gasteiger partial charge in [0.15, 0.2) is 0 Å². The van der Waals surface area contributed by atoms with Crippen LogP contribution in [-0.2, 0) is 0 Å². The number of rotatable bonds is 1. The number of allylic oxidation sites excluding steroid dienone is 1. The van der Waals surface area contributed by atoms with Crippen LogP contribution in [0.25, 0.3) is 0 Å². The Bertz CT molecular complexity index is 147. The molecule has 0 aliphatic carbocycles. The molecule has 0 amide bonds. The van der Waals surface area contributed by atoms with E-state index in [1.165, 1.54) is 5.70 Å². The molecule has 0 fully saturated rings. The molecule has 50 valence electrons.